The fourth-order valence-electron chi connectivity index (χ4n) is 1.50. The summed E-state index contributed by atoms with van der Waals surface area (Å²) < 4.78 is 39.9. The van der Waals surface area contributed by atoms with E-state index >= 15 is 0 Å². The molecule has 0 aliphatic rings. The minimum atomic E-state index is -1.48. The number of hydrogen-bond donors (Lipinski definition) is 1. The summed E-state index contributed by atoms with van der Waals surface area (Å²) in [6.45, 7) is 1.78. The van der Waals surface area contributed by atoms with Gasteiger partial charge in [-0.3, -0.25) is 0 Å². The second-order valence-corrected chi connectivity index (χ2v) is 5.32. The Morgan fingerprint density at radius 2 is 1.94 bits per heavy atom. The first-order valence-corrected chi connectivity index (χ1v) is 6.38. The average Bonchev–Trinajstić information content (AvgIpc) is 2.77. The highest BCUT2D eigenvalue weighted by Gasteiger charge is 2.15. The molecule has 0 amide bonds. The molecule has 0 saturated heterocycles. The van der Waals surface area contributed by atoms with Crippen LogP contribution in [0.4, 0.5) is 18.9 Å². The van der Waals surface area contributed by atoms with E-state index in [9.17, 15) is 13.2 Å². The van der Waals surface area contributed by atoms with Crippen LogP contribution in [0.15, 0.2) is 23.6 Å². The van der Waals surface area contributed by atoms with E-state index in [1.165, 1.54) is 11.3 Å². The third-order valence-corrected chi connectivity index (χ3v) is 3.60. The molecule has 0 aliphatic heterocycles. The molecule has 1 aromatic carbocycles. The van der Waals surface area contributed by atoms with Crippen LogP contribution >= 0.6 is 22.9 Å². The molecule has 2 rings (SSSR count). The van der Waals surface area contributed by atoms with Crippen molar-refractivity contribution < 1.29 is 13.2 Å². The Morgan fingerprint density at radius 1 is 1.22 bits per heavy atom. The maximum atomic E-state index is 13.4. The Balaban J connectivity index is 2.22. The van der Waals surface area contributed by atoms with E-state index in [0.29, 0.717) is 4.34 Å². The number of anilines is 1. The summed E-state index contributed by atoms with van der Waals surface area (Å²) in [6, 6.07) is 3.53. The molecule has 1 N–H and O–H groups in total. The second-order valence-electron chi connectivity index (χ2n) is 3.77. The van der Waals surface area contributed by atoms with Crippen molar-refractivity contribution in [3.8, 4) is 0 Å². The van der Waals surface area contributed by atoms with Crippen molar-refractivity contribution in [2.24, 2.45) is 0 Å². The molecule has 18 heavy (non-hydrogen) atoms. The van der Waals surface area contributed by atoms with E-state index < -0.39 is 17.5 Å². The third-order valence-electron chi connectivity index (χ3n) is 2.49. The van der Waals surface area contributed by atoms with Crippen LogP contribution in [0.25, 0.3) is 0 Å². The molecule has 0 spiro atoms. The average molecular weight is 292 g/mol. The Morgan fingerprint density at radius 3 is 2.56 bits per heavy atom. The van der Waals surface area contributed by atoms with E-state index in [4.69, 9.17) is 11.6 Å². The zero-order valence-corrected chi connectivity index (χ0v) is 10.9. The molecule has 1 unspecified atom stereocenters. The standard InChI is InChI=1S/C12H9ClF3NS/c1-6(7-4-10(13)18-5-7)17-9-3-2-8(14)11(15)12(9)16/h2-6,17H,1H3. The van der Waals surface area contributed by atoms with E-state index in [0.717, 1.165) is 17.7 Å². The van der Waals surface area contributed by atoms with Gasteiger partial charge in [-0.05, 0) is 36.1 Å². The van der Waals surface area contributed by atoms with Crippen molar-refractivity contribution in [2.75, 3.05) is 5.32 Å². The highest BCUT2D eigenvalue weighted by molar-refractivity contribution is 7.14. The Labute approximate surface area is 111 Å². The topological polar surface area (TPSA) is 12.0 Å². The molecule has 1 atom stereocenters. The van der Waals surface area contributed by atoms with Crippen LogP contribution in [-0.4, -0.2) is 0 Å². The first-order valence-electron chi connectivity index (χ1n) is 5.13. The van der Waals surface area contributed by atoms with Crippen molar-refractivity contribution in [2.45, 2.75) is 13.0 Å². The lowest BCUT2D eigenvalue weighted by Gasteiger charge is -2.15. The first-order chi connectivity index (χ1) is 8.49. The largest absolute Gasteiger partial charge is 0.376 e. The van der Waals surface area contributed by atoms with Gasteiger partial charge >= 0.3 is 0 Å². The summed E-state index contributed by atoms with van der Waals surface area (Å²) in [7, 11) is 0. The van der Waals surface area contributed by atoms with Crippen LogP contribution in [0.2, 0.25) is 4.34 Å². The van der Waals surface area contributed by atoms with Crippen molar-refractivity contribution in [3.63, 3.8) is 0 Å². The molecule has 96 valence electrons. The van der Waals surface area contributed by atoms with Crippen molar-refractivity contribution in [1.29, 1.82) is 0 Å². The maximum Gasteiger partial charge on any atom is 0.196 e. The summed E-state index contributed by atoms with van der Waals surface area (Å²) in [4.78, 5) is 0. The number of halogens is 4. The molecule has 6 heteroatoms. The Kier molecular flexibility index (Phi) is 3.82. The van der Waals surface area contributed by atoms with Crippen molar-refractivity contribution in [1.82, 2.24) is 0 Å². The molecule has 0 fully saturated rings. The number of nitrogens with one attached hydrogen (secondary N) is 1. The van der Waals surface area contributed by atoms with Gasteiger partial charge in [0, 0.05) is 6.04 Å². The number of thiophene rings is 1. The second kappa shape index (κ2) is 5.20. The van der Waals surface area contributed by atoms with Crippen LogP contribution in [0.3, 0.4) is 0 Å². The molecule has 0 aliphatic carbocycles. The smallest absolute Gasteiger partial charge is 0.196 e. The predicted octanol–water partition coefficient (Wildman–Crippen LogP) is 4.99. The Bertz CT molecular complexity index is 570. The maximum absolute atomic E-state index is 13.4. The Hall–Kier alpha value is -1.20. The van der Waals surface area contributed by atoms with Gasteiger partial charge in [0.25, 0.3) is 0 Å². The quantitative estimate of drug-likeness (QED) is 0.785. The van der Waals surface area contributed by atoms with Gasteiger partial charge in [-0.2, -0.15) is 0 Å². The zero-order chi connectivity index (χ0) is 13.3. The molecule has 0 bridgehead atoms. The zero-order valence-electron chi connectivity index (χ0n) is 9.31. The summed E-state index contributed by atoms with van der Waals surface area (Å²) in [6.07, 6.45) is 0. The van der Waals surface area contributed by atoms with Crippen LogP contribution in [0.5, 0.6) is 0 Å². The summed E-state index contributed by atoms with van der Waals surface area (Å²) in [5.74, 6) is -3.90. The predicted molar refractivity (Wildman–Crippen MR) is 67.7 cm³/mol. The SMILES string of the molecule is CC(Nc1ccc(F)c(F)c1F)c1csc(Cl)c1. The van der Waals surface area contributed by atoms with Crippen LogP contribution < -0.4 is 5.32 Å². The molecule has 0 saturated carbocycles. The normalized spacial score (nSPS) is 12.5. The molecule has 2 aromatic rings. The van der Waals surface area contributed by atoms with Gasteiger partial charge in [0.1, 0.15) is 0 Å². The summed E-state index contributed by atoms with van der Waals surface area (Å²) in [5, 5.41) is 4.59. The van der Waals surface area contributed by atoms with Crippen molar-refractivity contribution >= 4 is 28.6 Å². The number of benzene rings is 1. The van der Waals surface area contributed by atoms with Gasteiger partial charge in [-0.1, -0.05) is 11.6 Å². The molecular weight excluding hydrogens is 283 g/mol. The van der Waals surface area contributed by atoms with E-state index in [2.05, 4.69) is 5.32 Å². The van der Waals surface area contributed by atoms with Gasteiger partial charge in [-0.25, -0.2) is 13.2 Å². The highest BCUT2D eigenvalue weighted by Crippen LogP contribution is 2.28. The lowest BCUT2D eigenvalue weighted by Crippen LogP contribution is -2.08. The third kappa shape index (κ3) is 2.62. The first kappa shape index (κ1) is 13.2. The fraction of sp³-hybridized carbons (Fsp3) is 0.167. The van der Waals surface area contributed by atoms with Crippen molar-refractivity contribution in [3.05, 3.63) is 50.9 Å². The summed E-state index contributed by atoms with van der Waals surface area (Å²) in [5.41, 5.74) is 0.776. The van der Waals surface area contributed by atoms with Gasteiger partial charge in [0.2, 0.25) is 0 Å². The van der Waals surface area contributed by atoms with E-state index in [-0.39, 0.29) is 11.7 Å². The number of hydrogen-bond acceptors (Lipinski definition) is 2. The lowest BCUT2D eigenvalue weighted by atomic mass is 10.1. The molecular formula is C12H9ClF3NS. The van der Waals surface area contributed by atoms with E-state index in [1.807, 2.05) is 5.38 Å². The van der Waals surface area contributed by atoms with Gasteiger partial charge in [-0.15, -0.1) is 11.3 Å². The van der Waals surface area contributed by atoms with Gasteiger partial charge in [0.15, 0.2) is 17.5 Å². The molecule has 1 heterocycles. The molecule has 1 nitrogen and oxygen atoms in total. The summed E-state index contributed by atoms with van der Waals surface area (Å²) >= 11 is 7.14. The lowest BCUT2D eigenvalue weighted by molar-refractivity contribution is 0.448. The fourth-order valence-corrected chi connectivity index (χ4v) is 2.49. The monoisotopic (exact) mass is 291 g/mol. The molecule has 1 aromatic heterocycles. The highest BCUT2D eigenvalue weighted by atomic mass is 35.5. The minimum absolute atomic E-state index is 0.0799. The van der Waals surface area contributed by atoms with Crippen LogP contribution in [0.1, 0.15) is 18.5 Å². The van der Waals surface area contributed by atoms with Gasteiger partial charge < -0.3 is 5.32 Å². The molecule has 0 radical (unpaired) electrons. The van der Waals surface area contributed by atoms with Crippen LogP contribution in [-0.2, 0) is 0 Å². The van der Waals surface area contributed by atoms with Gasteiger partial charge in [0.05, 0.1) is 10.0 Å². The minimum Gasteiger partial charge on any atom is -0.376 e. The van der Waals surface area contributed by atoms with Crippen LogP contribution in [0, 0.1) is 17.5 Å². The van der Waals surface area contributed by atoms with E-state index in [1.54, 1.807) is 13.0 Å². The number of rotatable bonds is 3.